The molecule has 7 heteroatoms. The van der Waals surface area contributed by atoms with E-state index in [1.165, 1.54) is 58.3 Å². The van der Waals surface area contributed by atoms with E-state index < -0.39 is 0 Å². The Hall–Kier alpha value is -1.06. The lowest BCUT2D eigenvalue weighted by Gasteiger charge is -2.50. The van der Waals surface area contributed by atoms with Crippen LogP contribution in [0, 0.1) is 0 Å². The molecule has 2 aliphatic rings. The molecule has 0 amide bonds. The first-order valence-electron chi connectivity index (χ1n) is 11.2. The van der Waals surface area contributed by atoms with Crippen LogP contribution in [0.5, 0.6) is 5.75 Å². The van der Waals surface area contributed by atoms with Gasteiger partial charge in [-0.05, 0) is 83.5 Å². The normalized spacial score (nSPS) is 20.3. The number of rotatable bonds is 7. The number of likely N-dealkylation sites (tertiary alicyclic amines) is 2. The largest absolute Gasteiger partial charge is 0.497 e. The number of aliphatic imine (C=N–C) groups is 1. The van der Waals surface area contributed by atoms with Crippen LogP contribution in [0.4, 0.5) is 0 Å². The van der Waals surface area contributed by atoms with Gasteiger partial charge in [0, 0.05) is 18.6 Å². The number of guanidine groups is 1. The van der Waals surface area contributed by atoms with Crippen LogP contribution in [0.2, 0.25) is 0 Å². The molecule has 2 fully saturated rings. The second-order valence-corrected chi connectivity index (χ2v) is 8.48. The molecule has 0 aromatic heterocycles. The third kappa shape index (κ3) is 6.99. The fraction of sp³-hybridized carbons (Fsp3) is 0.696. The van der Waals surface area contributed by atoms with E-state index in [4.69, 9.17) is 9.73 Å². The summed E-state index contributed by atoms with van der Waals surface area (Å²) in [5, 5.41) is 7.12. The van der Waals surface area contributed by atoms with Crippen LogP contribution >= 0.6 is 24.0 Å². The van der Waals surface area contributed by atoms with Gasteiger partial charge in [-0.2, -0.15) is 0 Å². The summed E-state index contributed by atoms with van der Waals surface area (Å²) in [6.07, 6.45) is 6.51. The van der Waals surface area contributed by atoms with Crippen molar-refractivity contribution in [3.63, 3.8) is 0 Å². The predicted molar refractivity (Wildman–Crippen MR) is 136 cm³/mol. The predicted octanol–water partition coefficient (Wildman–Crippen LogP) is 3.32. The maximum atomic E-state index is 5.34. The Labute approximate surface area is 199 Å². The zero-order valence-electron chi connectivity index (χ0n) is 19.0. The van der Waals surface area contributed by atoms with Crippen LogP contribution in [0.25, 0.3) is 0 Å². The summed E-state index contributed by atoms with van der Waals surface area (Å²) in [6, 6.07) is 8.15. The van der Waals surface area contributed by atoms with Gasteiger partial charge in [-0.25, -0.2) is 4.99 Å². The number of hydrogen-bond acceptors (Lipinski definition) is 4. The molecule has 3 rings (SSSR count). The number of nitrogens with one attached hydrogen (secondary N) is 2. The number of benzene rings is 1. The Morgan fingerprint density at radius 2 is 1.83 bits per heavy atom. The van der Waals surface area contributed by atoms with E-state index in [1.54, 1.807) is 7.11 Å². The quantitative estimate of drug-likeness (QED) is 0.323. The highest BCUT2D eigenvalue weighted by Crippen LogP contribution is 2.30. The second kappa shape index (κ2) is 12.7. The SMILES string of the molecule is CCNC(=NCc1cccc(OC)c1)NCC1(N2CCCCC2)CCN(C)CC1.I. The first-order valence-corrected chi connectivity index (χ1v) is 11.2. The van der Waals surface area contributed by atoms with Crippen LogP contribution in [-0.2, 0) is 6.54 Å². The molecular weight excluding hydrogens is 489 g/mol. The van der Waals surface area contributed by atoms with Crippen LogP contribution in [-0.4, -0.2) is 74.7 Å². The molecule has 2 saturated heterocycles. The summed E-state index contributed by atoms with van der Waals surface area (Å²) in [4.78, 5) is 10.1. The Morgan fingerprint density at radius 1 is 1.10 bits per heavy atom. The molecule has 170 valence electrons. The molecular formula is C23H40IN5O. The Balaban J connectivity index is 0.00000320. The summed E-state index contributed by atoms with van der Waals surface area (Å²) >= 11 is 0. The van der Waals surface area contributed by atoms with Crippen molar-refractivity contribution in [2.75, 3.05) is 53.4 Å². The lowest BCUT2D eigenvalue weighted by Crippen LogP contribution is -2.62. The zero-order valence-corrected chi connectivity index (χ0v) is 21.3. The zero-order chi connectivity index (χ0) is 20.5. The fourth-order valence-electron chi connectivity index (χ4n) is 4.54. The average molecular weight is 530 g/mol. The monoisotopic (exact) mass is 529 g/mol. The highest BCUT2D eigenvalue weighted by atomic mass is 127. The van der Waals surface area contributed by atoms with Gasteiger partial charge in [0.1, 0.15) is 5.75 Å². The minimum absolute atomic E-state index is 0. The van der Waals surface area contributed by atoms with Crippen LogP contribution < -0.4 is 15.4 Å². The molecule has 0 radical (unpaired) electrons. The maximum absolute atomic E-state index is 5.34. The molecule has 0 aliphatic carbocycles. The average Bonchev–Trinajstić information content (AvgIpc) is 2.78. The molecule has 0 unspecified atom stereocenters. The topological polar surface area (TPSA) is 52.1 Å². The van der Waals surface area contributed by atoms with Crippen molar-refractivity contribution in [1.82, 2.24) is 20.4 Å². The number of ether oxygens (including phenoxy) is 1. The third-order valence-electron chi connectivity index (χ3n) is 6.43. The van der Waals surface area contributed by atoms with E-state index in [2.05, 4.69) is 46.5 Å². The molecule has 0 atom stereocenters. The molecule has 2 heterocycles. The van der Waals surface area contributed by atoms with Crippen LogP contribution in [0.15, 0.2) is 29.3 Å². The third-order valence-corrected chi connectivity index (χ3v) is 6.43. The molecule has 0 bridgehead atoms. The van der Waals surface area contributed by atoms with Crippen molar-refractivity contribution in [1.29, 1.82) is 0 Å². The Morgan fingerprint density at radius 3 is 2.50 bits per heavy atom. The van der Waals surface area contributed by atoms with Gasteiger partial charge in [0.25, 0.3) is 0 Å². The fourth-order valence-corrected chi connectivity index (χ4v) is 4.54. The standard InChI is InChI=1S/C23H39N5O.HI/c1-4-24-22(25-18-20-9-8-10-21(17-20)29-3)26-19-23(11-15-27(2)16-12-23)28-13-6-5-7-14-28;/h8-10,17H,4-7,11-16,18-19H2,1-3H3,(H2,24,25,26);1H. The van der Waals surface area contributed by atoms with E-state index in [0.29, 0.717) is 6.54 Å². The van der Waals surface area contributed by atoms with Gasteiger partial charge in [-0.3, -0.25) is 4.90 Å². The summed E-state index contributed by atoms with van der Waals surface area (Å²) < 4.78 is 5.34. The number of nitrogens with zero attached hydrogens (tertiary/aromatic N) is 3. The number of hydrogen-bond donors (Lipinski definition) is 2. The molecule has 6 nitrogen and oxygen atoms in total. The number of halogens is 1. The second-order valence-electron chi connectivity index (χ2n) is 8.48. The summed E-state index contributed by atoms with van der Waals surface area (Å²) in [5.41, 5.74) is 1.41. The Bertz CT molecular complexity index is 655. The van der Waals surface area contributed by atoms with E-state index in [9.17, 15) is 0 Å². The highest BCUT2D eigenvalue weighted by Gasteiger charge is 2.39. The van der Waals surface area contributed by atoms with Gasteiger partial charge < -0.3 is 20.3 Å². The van der Waals surface area contributed by atoms with Crippen molar-refractivity contribution >= 4 is 29.9 Å². The molecule has 0 saturated carbocycles. The minimum atomic E-state index is 0. The van der Waals surface area contributed by atoms with Gasteiger partial charge >= 0.3 is 0 Å². The van der Waals surface area contributed by atoms with E-state index in [0.717, 1.165) is 30.4 Å². The van der Waals surface area contributed by atoms with Crippen molar-refractivity contribution in [3.05, 3.63) is 29.8 Å². The molecule has 2 aliphatic heterocycles. The van der Waals surface area contributed by atoms with E-state index in [-0.39, 0.29) is 29.5 Å². The molecule has 1 aromatic rings. The molecule has 2 N–H and O–H groups in total. The lowest BCUT2D eigenvalue weighted by atomic mass is 9.84. The van der Waals surface area contributed by atoms with E-state index in [1.807, 2.05) is 12.1 Å². The lowest BCUT2D eigenvalue weighted by molar-refractivity contribution is 0.0173. The van der Waals surface area contributed by atoms with Crippen molar-refractivity contribution in [2.24, 2.45) is 4.99 Å². The molecule has 30 heavy (non-hydrogen) atoms. The minimum Gasteiger partial charge on any atom is -0.497 e. The van der Waals surface area contributed by atoms with Crippen LogP contribution in [0.1, 0.15) is 44.6 Å². The van der Waals surface area contributed by atoms with Gasteiger partial charge in [0.2, 0.25) is 0 Å². The smallest absolute Gasteiger partial charge is 0.191 e. The van der Waals surface area contributed by atoms with Crippen molar-refractivity contribution in [3.8, 4) is 5.75 Å². The first kappa shape index (κ1) is 25.2. The van der Waals surface area contributed by atoms with Crippen molar-refractivity contribution in [2.45, 2.75) is 51.1 Å². The summed E-state index contributed by atoms with van der Waals surface area (Å²) in [6.45, 7) is 9.43. The van der Waals surface area contributed by atoms with Crippen LogP contribution in [0.3, 0.4) is 0 Å². The molecule has 0 spiro atoms. The van der Waals surface area contributed by atoms with Gasteiger partial charge in [-0.1, -0.05) is 18.6 Å². The Kier molecular flexibility index (Phi) is 10.7. The summed E-state index contributed by atoms with van der Waals surface area (Å²) in [7, 11) is 3.95. The van der Waals surface area contributed by atoms with E-state index >= 15 is 0 Å². The first-order chi connectivity index (χ1) is 14.1. The van der Waals surface area contributed by atoms with Gasteiger partial charge in [0.05, 0.1) is 13.7 Å². The molecule has 1 aromatic carbocycles. The summed E-state index contributed by atoms with van der Waals surface area (Å²) in [5.74, 6) is 1.79. The van der Waals surface area contributed by atoms with Gasteiger partial charge in [-0.15, -0.1) is 24.0 Å². The number of methoxy groups -OCH3 is 1. The number of piperidine rings is 2. The van der Waals surface area contributed by atoms with Crippen molar-refractivity contribution < 1.29 is 4.74 Å². The van der Waals surface area contributed by atoms with Gasteiger partial charge in [0.15, 0.2) is 5.96 Å². The highest BCUT2D eigenvalue weighted by molar-refractivity contribution is 14.0. The maximum Gasteiger partial charge on any atom is 0.191 e.